The van der Waals surface area contributed by atoms with Crippen LogP contribution < -0.4 is 4.74 Å². The topological polar surface area (TPSA) is 49.9 Å². The van der Waals surface area contributed by atoms with Gasteiger partial charge in [-0.1, -0.05) is 41.4 Å². The van der Waals surface area contributed by atoms with Crippen molar-refractivity contribution in [3.05, 3.63) is 64.1 Å². The molecular formula is C21H22Cl2N2O3. The van der Waals surface area contributed by atoms with Gasteiger partial charge in [-0.25, -0.2) is 0 Å². The molecule has 7 heteroatoms. The maximum atomic E-state index is 12.6. The fraction of sp³-hybridized carbons (Fsp3) is 0.333. The molecule has 2 amide bonds. The molecule has 148 valence electrons. The molecule has 1 aliphatic rings. The van der Waals surface area contributed by atoms with Gasteiger partial charge in [0.2, 0.25) is 5.91 Å². The van der Waals surface area contributed by atoms with Crippen molar-refractivity contribution >= 4 is 35.0 Å². The number of ether oxygens (including phenoxy) is 1. The second-order valence-corrected chi connectivity index (χ2v) is 7.38. The molecule has 1 aliphatic heterocycles. The molecule has 0 unspecified atom stereocenters. The standard InChI is InChI=1S/C21H22Cl2N2O3/c22-18-9-8-16(15-19(18)23)21(27)25-12-10-24(11-13-25)20(26)7-4-14-28-17-5-2-1-3-6-17/h1-3,5-6,8-9,15H,4,7,10-14H2. The summed E-state index contributed by atoms with van der Waals surface area (Å²) in [4.78, 5) is 28.5. The Bertz CT molecular complexity index is 822. The minimum atomic E-state index is -0.0954. The lowest BCUT2D eigenvalue weighted by Gasteiger charge is -2.35. The number of nitrogens with zero attached hydrogens (tertiary/aromatic N) is 2. The maximum Gasteiger partial charge on any atom is 0.254 e. The van der Waals surface area contributed by atoms with Crippen molar-refractivity contribution in [3.8, 4) is 5.75 Å². The van der Waals surface area contributed by atoms with Crippen molar-refractivity contribution in [1.29, 1.82) is 0 Å². The summed E-state index contributed by atoms with van der Waals surface area (Å²) in [5.41, 5.74) is 0.507. The smallest absolute Gasteiger partial charge is 0.254 e. The Kier molecular flexibility index (Phi) is 7.18. The SMILES string of the molecule is O=C(CCCOc1ccccc1)N1CCN(C(=O)c2ccc(Cl)c(Cl)c2)CC1. The minimum Gasteiger partial charge on any atom is -0.494 e. The van der Waals surface area contributed by atoms with Crippen LogP contribution in [0.3, 0.4) is 0 Å². The summed E-state index contributed by atoms with van der Waals surface area (Å²) < 4.78 is 5.62. The first kappa shape index (κ1) is 20.5. The van der Waals surface area contributed by atoms with E-state index in [-0.39, 0.29) is 11.8 Å². The first-order chi connectivity index (χ1) is 13.5. The molecule has 0 radical (unpaired) electrons. The van der Waals surface area contributed by atoms with E-state index < -0.39 is 0 Å². The van der Waals surface area contributed by atoms with Crippen LogP contribution in [0.4, 0.5) is 0 Å². The summed E-state index contributed by atoms with van der Waals surface area (Å²) in [6.45, 7) is 2.58. The zero-order valence-corrected chi connectivity index (χ0v) is 17.0. The Morgan fingerprint density at radius 3 is 2.25 bits per heavy atom. The summed E-state index contributed by atoms with van der Waals surface area (Å²) in [7, 11) is 0. The van der Waals surface area contributed by atoms with Gasteiger partial charge in [0.25, 0.3) is 5.91 Å². The van der Waals surface area contributed by atoms with Crippen molar-refractivity contribution in [2.45, 2.75) is 12.8 Å². The lowest BCUT2D eigenvalue weighted by molar-refractivity contribution is -0.132. The van der Waals surface area contributed by atoms with Gasteiger partial charge < -0.3 is 14.5 Å². The van der Waals surface area contributed by atoms with Crippen LogP contribution >= 0.6 is 23.2 Å². The van der Waals surface area contributed by atoms with Crippen molar-refractivity contribution in [2.24, 2.45) is 0 Å². The van der Waals surface area contributed by atoms with Crippen LogP contribution in [0.2, 0.25) is 10.0 Å². The molecule has 5 nitrogen and oxygen atoms in total. The Morgan fingerprint density at radius 1 is 0.893 bits per heavy atom. The highest BCUT2D eigenvalue weighted by molar-refractivity contribution is 6.42. The fourth-order valence-electron chi connectivity index (χ4n) is 3.06. The number of rotatable bonds is 6. The van der Waals surface area contributed by atoms with E-state index in [1.165, 1.54) is 0 Å². The van der Waals surface area contributed by atoms with E-state index >= 15 is 0 Å². The third kappa shape index (κ3) is 5.40. The Balaban J connectivity index is 1.41. The second-order valence-electron chi connectivity index (χ2n) is 6.57. The predicted molar refractivity (Wildman–Crippen MR) is 110 cm³/mol. The summed E-state index contributed by atoms with van der Waals surface area (Å²) in [6.07, 6.45) is 1.10. The van der Waals surface area contributed by atoms with Gasteiger partial charge >= 0.3 is 0 Å². The molecule has 0 saturated carbocycles. The molecule has 0 N–H and O–H groups in total. The number of carbonyl (C=O) groups is 2. The summed E-state index contributed by atoms with van der Waals surface area (Å²) in [6, 6.07) is 14.4. The highest BCUT2D eigenvalue weighted by Gasteiger charge is 2.24. The van der Waals surface area contributed by atoms with Crippen LogP contribution in [0.1, 0.15) is 23.2 Å². The van der Waals surface area contributed by atoms with E-state index in [0.717, 1.165) is 5.75 Å². The Labute approximate surface area is 174 Å². The summed E-state index contributed by atoms with van der Waals surface area (Å²) in [5.74, 6) is 0.810. The van der Waals surface area contributed by atoms with E-state index in [4.69, 9.17) is 27.9 Å². The highest BCUT2D eigenvalue weighted by Crippen LogP contribution is 2.23. The predicted octanol–water partition coefficient (Wildman–Crippen LogP) is 4.14. The van der Waals surface area contributed by atoms with E-state index in [1.54, 1.807) is 28.0 Å². The molecule has 0 aromatic heterocycles. The number of halogens is 2. The number of amides is 2. The van der Waals surface area contributed by atoms with Gasteiger partial charge in [0.15, 0.2) is 0 Å². The lowest BCUT2D eigenvalue weighted by Crippen LogP contribution is -2.50. The molecule has 0 aliphatic carbocycles. The highest BCUT2D eigenvalue weighted by atomic mass is 35.5. The normalized spacial score (nSPS) is 14.1. The zero-order chi connectivity index (χ0) is 19.9. The zero-order valence-electron chi connectivity index (χ0n) is 15.4. The fourth-order valence-corrected chi connectivity index (χ4v) is 3.36. The summed E-state index contributed by atoms with van der Waals surface area (Å²) >= 11 is 11.9. The number of hydrogen-bond acceptors (Lipinski definition) is 3. The van der Waals surface area contributed by atoms with Gasteiger partial charge in [0.1, 0.15) is 5.75 Å². The first-order valence-electron chi connectivity index (χ1n) is 9.24. The van der Waals surface area contributed by atoms with Gasteiger partial charge in [-0.05, 0) is 36.8 Å². The van der Waals surface area contributed by atoms with Crippen molar-refractivity contribution in [1.82, 2.24) is 9.80 Å². The summed E-state index contributed by atoms with van der Waals surface area (Å²) in [5, 5.41) is 0.781. The van der Waals surface area contributed by atoms with Crippen LogP contribution in [0.5, 0.6) is 5.75 Å². The minimum absolute atomic E-state index is 0.0954. The molecule has 0 atom stereocenters. The Morgan fingerprint density at radius 2 is 1.57 bits per heavy atom. The molecule has 2 aromatic rings. The number of para-hydroxylation sites is 1. The van der Waals surface area contributed by atoms with Gasteiger partial charge in [-0.3, -0.25) is 9.59 Å². The molecule has 1 saturated heterocycles. The van der Waals surface area contributed by atoms with Gasteiger partial charge in [0, 0.05) is 38.2 Å². The lowest BCUT2D eigenvalue weighted by atomic mass is 10.1. The molecule has 3 rings (SSSR count). The van der Waals surface area contributed by atoms with Gasteiger partial charge in [-0.15, -0.1) is 0 Å². The molecular weight excluding hydrogens is 399 g/mol. The Hall–Kier alpha value is -2.24. The first-order valence-corrected chi connectivity index (χ1v) is 10.00. The average Bonchev–Trinajstić information content (AvgIpc) is 2.73. The van der Waals surface area contributed by atoms with Crippen LogP contribution in [-0.4, -0.2) is 54.4 Å². The largest absolute Gasteiger partial charge is 0.494 e. The van der Waals surface area contributed by atoms with Crippen LogP contribution in [0, 0.1) is 0 Å². The maximum absolute atomic E-state index is 12.6. The van der Waals surface area contributed by atoms with E-state index in [0.29, 0.717) is 61.2 Å². The van der Waals surface area contributed by atoms with E-state index in [2.05, 4.69) is 0 Å². The van der Waals surface area contributed by atoms with Crippen LogP contribution in [0.15, 0.2) is 48.5 Å². The molecule has 28 heavy (non-hydrogen) atoms. The third-order valence-corrected chi connectivity index (χ3v) is 5.37. The van der Waals surface area contributed by atoms with Gasteiger partial charge in [0.05, 0.1) is 16.7 Å². The number of benzene rings is 2. The van der Waals surface area contributed by atoms with Gasteiger partial charge in [-0.2, -0.15) is 0 Å². The van der Waals surface area contributed by atoms with Crippen LogP contribution in [-0.2, 0) is 4.79 Å². The molecule has 2 aromatic carbocycles. The van der Waals surface area contributed by atoms with Crippen molar-refractivity contribution in [2.75, 3.05) is 32.8 Å². The quantitative estimate of drug-likeness (QED) is 0.659. The number of piperazine rings is 1. The monoisotopic (exact) mass is 420 g/mol. The second kappa shape index (κ2) is 9.80. The van der Waals surface area contributed by atoms with E-state index in [9.17, 15) is 9.59 Å². The molecule has 1 fully saturated rings. The van der Waals surface area contributed by atoms with Crippen molar-refractivity contribution in [3.63, 3.8) is 0 Å². The third-order valence-electron chi connectivity index (χ3n) is 4.63. The van der Waals surface area contributed by atoms with E-state index in [1.807, 2.05) is 30.3 Å². The molecule has 0 spiro atoms. The van der Waals surface area contributed by atoms with Crippen molar-refractivity contribution < 1.29 is 14.3 Å². The van der Waals surface area contributed by atoms with Crippen LogP contribution in [0.25, 0.3) is 0 Å². The number of carbonyl (C=O) groups excluding carboxylic acids is 2. The average molecular weight is 421 g/mol. The molecule has 1 heterocycles. The molecule has 0 bridgehead atoms. The number of hydrogen-bond donors (Lipinski definition) is 0.